The van der Waals surface area contributed by atoms with Crippen LogP contribution in [0.15, 0.2) is 22.2 Å². The zero-order valence-corrected chi connectivity index (χ0v) is 12.9. The van der Waals surface area contributed by atoms with Crippen LogP contribution in [-0.2, 0) is 11.3 Å². The van der Waals surface area contributed by atoms with Crippen molar-refractivity contribution in [3.8, 4) is 0 Å². The van der Waals surface area contributed by atoms with Gasteiger partial charge < -0.3 is 9.64 Å². The Hall–Kier alpha value is -1.40. The van der Waals surface area contributed by atoms with Gasteiger partial charge in [-0.2, -0.15) is 11.3 Å². The largest absolute Gasteiger partial charge is 0.461 e. The third-order valence-electron chi connectivity index (χ3n) is 3.14. The minimum atomic E-state index is -0.332. The highest BCUT2D eigenvalue weighted by Crippen LogP contribution is 2.35. The van der Waals surface area contributed by atoms with Gasteiger partial charge in [-0.25, -0.2) is 9.78 Å². The number of carbonyl (C=O) groups excluding carboxylic acids is 1. The molecule has 1 aliphatic rings. The van der Waals surface area contributed by atoms with Crippen LogP contribution in [-0.4, -0.2) is 23.6 Å². The lowest BCUT2D eigenvalue weighted by Crippen LogP contribution is -2.24. The first-order chi connectivity index (χ1) is 9.78. The van der Waals surface area contributed by atoms with Gasteiger partial charge in [0.1, 0.15) is 0 Å². The first-order valence-corrected chi connectivity index (χ1v) is 8.50. The van der Waals surface area contributed by atoms with Crippen LogP contribution in [0, 0.1) is 0 Å². The maximum absolute atomic E-state index is 11.7. The number of nitrogens with zero attached hydrogens (tertiary/aromatic N) is 2. The lowest BCUT2D eigenvalue weighted by Gasteiger charge is -2.20. The number of hydrogen-bond acceptors (Lipinski definition) is 6. The van der Waals surface area contributed by atoms with E-state index in [1.165, 1.54) is 29.7 Å². The van der Waals surface area contributed by atoms with Crippen molar-refractivity contribution >= 4 is 33.8 Å². The van der Waals surface area contributed by atoms with E-state index in [0.29, 0.717) is 18.3 Å². The van der Waals surface area contributed by atoms with Crippen molar-refractivity contribution in [3.05, 3.63) is 33.5 Å². The normalized spacial score (nSPS) is 14.2. The molecule has 0 bridgehead atoms. The average molecular weight is 308 g/mol. The third-order valence-corrected chi connectivity index (χ3v) is 4.75. The molecule has 2 aromatic rings. The Morgan fingerprint density at radius 1 is 1.50 bits per heavy atom. The number of aromatic nitrogens is 1. The van der Waals surface area contributed by atoms with Gasteiger partial charge in [0, 0.05) is 18.0 Å². The van der Waals surface area contributed by atoms with Crippen molar-refractivity contribution < 1.29 is 9.53 Å². The van der Waals surface area contributed by atoms with E-state index < -0.39 is 0 Å². The zero-order valence-electron chi connectivity index (χ0n) is 11.2. The van der Waals surface area contributed by atoms with Gasteiger partial charge in [0.05, 0.1) is 6.61 Å². The van der Waals surface area contributed by atoms with Crippen LogP contribution in [0.5, 0.6) is 0 Å². The minimum Gasteiger partial charge on any atom is -0.461 e. The van der Waals surface area contributed by atoms with Crippen molar-refractivity contribution in [3.63, 3.8) is 0 Å². The summed E-state index contributed by atoms with van der Waals surface area (Å²) >= 11 is 3.23. The monoisotopic (exact) mass is 308 g/mol. The molecule has 0 unspecified atom stereocenters. The Morgan fingerprint density at radius 3 is 3.00 bits per heavy atom. The molecule has 20 heavy (non-hydrogen) atoms. The van der Waals surface area contributed by atoms with E-state index in [2.05, 4.69) is 26.7 Å². The SMILES string of the molecule is CCOC(=O)c1csc(N(Cc2ccsc2)C2CC2)n1. The molecule has 0 saturated heterocycles. The van der Waals surface area contributed by atoms with E-state index in [1.807, 2.05) is 0 Å². The van der Waals surface area contributed by atoms with Crippen molar-refractivity contribution in [2.45, 2.75) is 32.4 Å². The predicted molar refractivity (Wildman–Crippen MR) is 81.6 cm³/mol. The molecular formula is C14H16N2O2S2. The topological polar surface area (TPSA) is 42.4 Å². The molecule has 0 atom stereocenters. The molecule has 0 N–H and O–H groups in total. The van der Waals surface area contributed by atoms with Crippen molar-refractivity contribution in [1.29, 1.82) is 0 Å². The first-order valence-electron chi connectivity index (χ1n) is 6.68. The molecule has 1 aliphatic carbocycles. The van der Waals surface area contributed by atoms with Gasteiger partial charge in [-0.3, -0.25) is 0 Å². The minimum absolute atomic E-state index is 0.332. The van der Waals surface area contributed by atoms with Crippen LogP contribution < -0.4 is 4.90 Å². The molecule has 1 saturated carbocycles. The molecule has 6 heteroatoms. The Kier molecular flexibility index (Phi) is 4.03. The lowest BCUT2D eigenvalue weighted by molar-refractivity contribution is 0.0520. The summed E-state index contributed by atoms with van der Waals surface area (Å²) in [5, 5.41) is 6.96. The highest BCUT2D eigenvalue weighted by atomic mass is 32.1. The Balaban J connectivity index is 1.76. The Morgan fingerprint density at radius 2 is 2.35 bits per heavy atom. The van der Waals surface area contributed by atoms with E-state index in [1.54, 1.807) is 23.6 Å². The number of thiazole rings is 1. The number of thiophene rings is 1. The standard InChI is InChI=1S/C14H16N2O2S2/c1-2-18-13(17)12-9-20-14(15-12)16(11-3-4-11)7-10-5-6-19-8-10/h5-6,8-9,11H,2-4,7H2,1H3. The summed E-state index contributed by atoms with van der Waals surface area (Å²) in [7, 11) is 0. The molecule has 4 nitrogen and oxygen atoms in total. The molecule has 0 aromatic carbocycles. The van der Waals surface area contributed by atoms with Gasteiger partial charge in [0.15, 0.2) is 10.8 Å². The maximum atomic E-state index is 11.7. The molecule has 0 amide bonds. The lowest BCUT2D eigenvalue weighted by atomic mass is 10.3. The van der Waals surface area contributed by atoms with E-state index in [-0.39, 0.29) is 5.97 Å². The fourth-order valence-corrected chi connectivity index (χ4v) is 3.54. The fourth-order valence-electron chi connectivity index (χ4n) is 2.01. The molecule has 2 heterocycles. The second-order valence-electron chi connectivity index (χ2n) is 4.73. The van der Waals surface area contributed by atoms with E-state index in [4.69, 9.17) is 4.74 Å². The summed E-state index contributed by atoms with van der Waals surface area (Å²) in [5.74, 6) is -0.332. The van der Waals surface area contributed by atoms with Gasteiger partial charge in [-0.05, 0) is 42.2 Å². The Bertz CT molecular complexity index is 576. The van der Waals surface area contributed by atoms with Crippen LogP contribution in [0.3, 0.4) is 0 Å². The highest BCUT2D eigenvalue weighted by Gasteiger charge is 2.31. The quantitative estimate of drug-likeness (QED) is 0.765. The fraction of sp³-hybridized carbons (Fsp3) is 0.429. The highest BCUT2D eigenvalue weighted by molar-refractivity contribution is 7.14. The summed E-state index contributed by atoms with van der Waals surface area (Å²) in [4.78, 5) is 18.4. The predicted octanol–water partition coefficient (Wildman–Crippen LogP) is 3.55. The summed E-state index contributed by atoms with van der Waals surface area (Å²) in [5.41, 5.74) is 1.72. The van der Waals surface area contributed by atoms with Crippen LogP contribution in [0.2, 0.25) is 0 Å². The van der Waals surface area contributed by atoms with Crippen molar-refractivity contribution in [2.24, 2.45) is 0 Å². The summed E-state index contributed by atoms with van der Waals surface area (Å²) in [6.45, 7) is 3.05. The third kappa shape index (κ3) is 3.02. The Labute approximate surface area is 126 Å². The number of ether oxygens (including phenoxy) is 1. The van der Waals surface area contributed by atoms with E-state index >= 15 is 0 Å². The van der Waals surface area contributed by atoms with Crippen molar-refractivity contribution in [1.82, 2.24) is 4.98 Å². The first kappa shape index (κ1) is 13.6. The van der Waals surface area contributed by atoms with E-state index in [0.717, 1.165) is 11.7 Å². The van der Waals surface area contributed by atoms with Gasteiger partial charge >= 0.3 is 5.97 Å². The van der Waals surface area contributed by atoms with E-state index in [9.17, 15) is 4.79 Å². The van der Waals surface area contributed by atoms with Crippen LogP contribution in [0.1, 0.15) is 35.8 Å². The molecule has 2 aromatic heterocycles. The molecule has 106 valence electrons. The van der Waals surface area contributed by atoms with Gasteiger partial charge in [0.25, 0.3) is 0 Å². The van der Waals surface area contributed by atoms with Crippen LogP contribution >= 0.6 is 22.7 Å². The number of anilines is 1. The van der Waals surface area contributed by atoms with Crippen molar-refractivity contribution in [2.75, 3.05) is 11.5 Å². The molecule has 0 spiro atoms. The van der Waals surface area contributed by atoms with Gasteiger partial charge in [0.2, 0.25) is 0 Å². The van der Waals surface area contributed by atoms with Gasteiger partial charge in [-0.1, -0.05) is 0 Å². The summed E-state index contributed by atoms with van der Waals surface area (Å²) < 4.78 is 4.99. The second-order valence-corrected chi connectivity index (χ2v) is 6.34. The molecule has 3 rings (SSSR count). The summed E-state index contributed by atoms with van der Waals surface area (Å²) in [6.07, 6.45) is 2.41. The number of esters is 1. The average Bonchev–Trinajstić information content (AvgIpc) is 2.95. The second kappa shape index (κ2) is 5.93. The number of hydrogen-bond donors (Lipinski definition) is 0. The molecule has 1 fully saturated rings. The number of carbonyl (C=O) groups is 1. The maximum Gasteiger partial charge on any atom is 0.357 e. The zero-order chi connectivity index (χ0) is 13.9. The smallest absolute Gasteiger partial charge is 0.357 e. The molecular weight excluding hydrogens is 292 g/mol. The van der Waals surface area contributed by atoms with Crippen LogP contribution in [0.25, 0.3) is 0 Å². The van der Waals surface area contributed by atoms with Crippen LogP contribution in [0.4, 0.5) is 5.13 Å². The summed E-state index contributed by atoms with van der Waals surface area (Å²) in [6, 6.07) is 2.70. The molecule has 0 aliphatic heterocycles. The van der Waals surface area contributed by atoms with Gasteiger partial charge in [-0.15, -0.1) is 11.3 Å². The number of rotatable bonds is 6. The molecule has 0 radical (unpaired) electrons.